The first-order valence-corrected chi connectivity index (χ1v) is 13.7. The molecular formula is C21H36N4O2S2. The van der Waals surface area contributed by atoms with Crippen LogP contribution in [0.4, 0.5) is 0 Å². The standard InChI is InChI=1S/C21H36N4O2S2/c1-3-22-20(23-16-18-9-13-25(14-10-18)29(2,26)27)24-17-21(11-5-4-6-12-21)19-8-7-15-28-19/h7-8,15,18H,3-6,9-14,16-17H2,1-2H3,(H2,22,23,24). The van der Waals surface area contributed by atoms with Gasteiger partial charge in [0.1, 0.15) is 0 Å². The molecule has 1 aliphatic carbocycles. The Morgan fingerprint density at radius 3 is 2.55 bits per heavy atom. The molecule has 6 nitrogen and oxygen atoms in total. The van der Waals surface area contributed by atoms with E-state index in [0.717, 1.165) is 38.4 Å². The van der Waals surface area contributed by atoms with Gasteiger partial charge in [-0.2, -0.15) is 0 Å². The molecule has 0 amide bonds. The highest BCUT2D eigenvalue weighted by atomic mass is 32.2. The second-order valence-corrected chi connectivity index (χ2v) is 11.4. The predicted octanol–water partition coefficient (Wildman–Crippen LogP) is 3.18. The average Bonchev–Trinajstić information content (AvgIpc) is 3.26. The van der Waals surface area contributed by atoms with Gasteiger partial charge in [0, 0.05) is 36.5 Å². The Hall–Kier alpha value is -1.12. The van der Waals surface area contributed by atoms with Crippen LogP contribution in [0, 0.1) is 5.92 Å². The van der Waals surface area contributed by atoms with Crippen molar-refractivity contribution in [2.24, 2.45) is 10.9 Å². The average molecular weight is 441 g/mol. The number of hydrogen-bond acceptors (Lipinski definition) is 4. The molecule has 0 bridgehead atoms. The molecule has 1 aromatic rings. The van der Waals surface area contributed by atoms with Gasteiger partial charge in [-0.15, -0.1) is 11.3 Å². The van der Waals surface area contributed by atoms with E-state index in [2.05, 4.69) is 35.1 Å². The second kappa shape index (κ2) is 10.3. The van der Waals surface area contributed by atoms with Gasteiger partial charge in [0.25, 0.3) is 0 Å². The van der Waals surface area contributed by atoms with Crippen molar-refractivity contribution in [2.45, 2.75) is 57.3 Å². The molecule has 8 heteroatoms. The first-order valence-electron chi connectivity index (χ1n) is 10.9. The number of thiophene rings is 1. The molecular weight excluding hydrogens is 404 g/mol. The Labute approximate surface area is 180 Å². The van der Waals surface area contributed by atoms with Crippen molar-refractivity contribution in [3.63, 3.8) is 0 Å². The summed E-state index contributed by atoms with van der Waals surface area (Å²) in [6.07, 6.45) is 9.46. The van der Waals surface area contributed by atoms with Crippen LogP contribution >= 0.6 is 11.3 Å². The smallest absolute Gasteiger partial charge is 0.211 e. The molecule has 0 atom stereocenters. The van der Waals surface area contributed by atoms with Gasteiger partial charge in [-0.25, -0.2) is 12.7 Å². The van der Waals surface area contributed by atoms with Gasteiger partial charge in [0.2, 0.25) is 10.0 Å². The largest absolute Gasteiger partial charge is 0.357 e. The van der Waals surface area contributed by atoms with E-state index in [1.807, 2.05) is 11.3 Å². The number of nitrogens with one attached hydrogen (secondary N) is 2. The number of piperidine rings is 1. The van der Waals surface area contributed by atoms with E-state index in [1.165, 1.54) is 43.2 Å². The highest BCUT2D eigenvalue weighted by Crippen LogP contribution is 2.41. The summed E-state index contributed by atoms with van der Waals surface area (Å²) in [5, 5.41) is 9.10. The third kappa shape index (κ3) is 6.18. The summed E-state index contributed by atoms with van der Waals surface area (Å²) in [4.78, 5) is 6.48. The summed E-state index contributed by atoms with van der Waals surface area (Å²) in [6.45, 7) is 5.85. The lowest BCUT2D eigenvalue weighted by Crippen LogP contribution is -2.44. The molecule has 1 aromatic heterocycles. The molecule has 0 unspecified atom stereocenters. The number of hydrogen-bond donors (Lipinski definition) is 2. The van der Waals surface area contributed by atoms with E-state index < -0.39 is 10.0 Å². The zero-order valence-corrected chi connectivity index (χ0v) is 19.5. The Morgan fingerprint density at radius 2 is 1.97 bits per heavy atom. The van der Waals surface area contributed by atoms with Crippen molar-refractivity contribution in [1.29, 1.82) is 0 Å². The van der Waals surface area contributed by atoms with E-state index in [-0.39, 0.29) is 5.41 Å². The van der Waals surface area contributed by atoms with E-state index in [9.17, 15) is 8.42 Å². The fourth-order valence-electron chi connectivity index (χ4n) is 4.55. The Bertz CT molecular complexity index is 748. The summed E-state index contributed by atoms with van der Waals surface area (Å²) in [5.41, 5.74) is 0.190. The number of guanidine groups is 1. The van der Waals surface area contributed by atoms with Crippen molar-refractivity contribution < 1.29 is 8.42 Å². The number of rotatable bonds is 7. The van der Waals surface area contributed by atoms with Crippen LogP contribution in [0.15, 0.2) is 22.5 Å². The van der Waals surface area contributed by atoms with Gasteiger partial charge in [-0.3, -0.25) is 4.99 Å². The third-order valence-electron chi connectivity index (χ3n) is 6.34. The van der Waals surface area contributed by atoms with Crippen LogP contribution in [0.3, 0.4) is 0 Å². The summed E-state index contributed by atoms with van der Waals surface area (Å²) in [7, 11) is -3.06. The third-order valence-corrected chi connectivity index (χ3v) is 8.76. The molecule has 2 aliphatic rings. The molecule has 0 radical (unpaired) electrons. The molecule has 2 N–H and O–H groups in total. The number of aliphatic imine (C=N–C) groups is 1. The van der Waals surface area contributed by atoms with E-state index in [4.69, 9.17) is 4.99 Å². The van der Waals surface area contributed by atoms with Crippen molar-refractivity contribution in [1.82, 2.24) is 14.9 Å². The van der Waals surface area contributed by atoms with Crippen molar-refractivity contribution in [2.75, 3.05) is 39.0 Å². The first kappa shape index (κ1) is 22.6. The van der Waals surface area contributed by atoms with Gasteiger partial charge in [0.15, 0.2) is 5.96 Å². The molecule has 164 valence electrons. The SMILES string of the molecule is CCNC(=NCC1(c2cccs2)CCCCC1)NCC1CCN(S(C)(=O)=O)CC1. The fraction of sp³-hybridized carbons (Fsp3) is 0.762. The van der Waals surface area contributed by atoms with Gasteiger partial charge in [-0.05, 0) is 50.0 Å². The molecule has 1 saturated carbocycles. The molecule has 0 spiro atoms. The fourth-order valence-corrected chi connectivity index (χ4v) is 6.40. The van der Waals surface area contributed by atoms with Crippen molar-refractivity contribution in [3.8, 4) is 0 Å². The van der Waals surface area contributed by atoms with E-state index in [1.54, 1.807) is 4.31 Å². The van der Waals surface area contributed by atoms with E-state index >= 15 is 0 Å². The lowest BCUT2D eigenvalue weighted by atomic mass is 9.73. The van der Waals surface area contributed by atoms with Crippen LogP contribution in [-0.4, -0.2) is 57.7 Å². The number of sulfonamides is 1. The highest BCUT2D eigenvalue weighted by Gasteiger charge is 2.34. The monoisotopic (exact) mass is 440 g/mol. The van der Waals surface area contributed by atoms with E-state index in [0.29, 0.717) is 19.0 Å². The molecule has 1 saturated heterocycles. The lowest BCUT2D eigenvalue weighted by Gasteiger charge is -2.35. The lowest BCUT2D eigenvalue weighted by molar-refractivity contribution is 0.274. The molecule has 2 heterocycles. The van der Waals surface area contributed by atoms with Crippen LogP contribution in [0.2, 0.25) is 0 Å². The van der Waals surface area contributed by atoms with Gasteiger partial charge < -0.3 is 10.6 Å². The topological polar surface area (TPSA) is 73.8 Å². The summed E-state index contributed by atoms with van der Waals surface area (Å²) >= 11 is 1.87. The molecule has 0 aromatic carbocycles. The Kier molecular flexibility index (Phi) is 7.99. The zero-order chi connectivity index (χ0) is 20.7. The Balaban J connectivity index is 1.58. The Morgan fingerprint density at radius 1 is 1.24 bits per heavy atom. The first-order chi connectivity index (χ1) is 13.9. The molecule has 2 fully saturated rings. The minimum absolute atomic E-state index is 0.190. The van der Waals surface area contributed by atoms with Crippen LogP contribution in [0.25, 0.3) is 0 Å². The summed E-state index contributed by atoms with van der Waals surface area (Å²) in [6, 6.07) is 4.44. The normalized spacial score (nSPS) is 21.8. The van der Waals surface area contributed by atoms with Crippen LogP contribution in [0.5, 0.6) is 0 Å². The van der Waals surface area contributed by atoms with Gasteiger partial charge in [-0.1, -0.05) is 25.3 Å². The minimum atomic E-state index is -3.06. The van der Waals surface area contributed by atoms with Crippen LogP contribution in [0.1, 0.15) is 56.7 Å². The van der Waals surface area contributed by atoms with Crippen molar-refractivity contribution >= 4 is 27.3 Å². The van der Waals surface area contributed by atoms with Gasteiger partial charge in [0.05, 0.1) is 12.8 Å². The maximum atomic E-state index is 11.7. The summed E-state index contributed by atoms with van der Waals surface area (Å²) < 4.78 is 25.0. The molecule has 3 rings (SSSR count). The minimum Gasteiger partial charge on any atom is -0.357 e. The second-order valence-electron chi connectivity index (χ2n) is 8.50. The van der Waals surface area contributed by atoms with Gasteiger partial charge >= 0.3 is 0 Å². The molecule has 1 aliphatic heterocycles. The molecule has 29 heavy (non-hydrogen) atoms. The van der Waals surface area contributed by atoms with Crippen LogP contribution in [-0.2, 0) is 15.4 Å². The maximum Gasteiger partial charge on any atom is 0.211 e. The number of nitrogens with zero attached hydrogens (tertiary/aromatic N) is 2. The predicted molar refractivity (Wildman–Crippen MR) is 122 cm³/mol. The highest BCUT2D eigenvalue weighted by molar-refractivity contribution is 7.88. The van der Waals surface area contributed by atoms with Crippen LogP contribution < -0.4 is 10.6 Å². The van der Waals surface area contributed by atoms with Crippen molar-refractivity contribution in [3.05, 3.63) is 22.4 Å². The zero-order valence-electron chi connectivity index (χ0n) is 17.8. The maximum absolute atomic E-state index is 11.7. The summed E-state index contributed by atoms with van der Waals surface area (Å²) in [5.74, 6) is 1.37. The quantitative estimate of drug-likeness (QED) is 0.504.